The summed E-state index contributed by atoms with van der Waals surface area (Å²) in [5.74, 6) is 1.08. The third-order valence-electron chi connectivity index (χ3n) is 4.59. The zero-order valence-electron chi connectivity index (χ0n) is 15.1. The molecule has 30 heavy (non-hydrogen) atoms. The molecule has 0 amide bonds. The summed E-state index contributed by atoms with van der Waals surface area (Å²) in [4.78, 5) is 30.4. The number of benzene rings is 2. The lowest BCUT2D eigenvalue weighted by molar-refractivity contribution is 0.174. The van der Waals surface area contributed by atoms with Gasteiger partial charge in [0.25, 0.3) is 11.1 Å². The predicted molar refractivity (Wildman–Crippen MR) is 112 cm³/mol. The van der Waals surface area contributed by atoms with E-state index in [-0.39, 0.29) is 23.0 Å². The molecule has 4 aromatic rings. The van der Waals surface area contributed by atoms with Crippen molar-refractivity contribution in [3.05, 3.63) is 83.9 Å². The second-order valence-electron chi connectivity index (χ2n) is 6.41. The number of aromatic nitrogens is 2. The van der Waals surface area contributed by atoms with Gasteiger partial charge in [0.1, 0.15) is 11.6 Å². The van der Waals surface area contributed by atoms with E-state index >= 15 is 0 Å². The van der Waals surface area contributed by atoms with Crippen LogP contribution in [0.15, 0.2) is 52.1 Å². The van der Waals surface area contributed by atoms with Crippen LogP contribution >= 0.6 is 22.9 Å². The van der Waals surface area contributed by atoms with E-state index in [1.54, 1.807) is 48.5 Å². The molecular formula is C21H10ClN3O4S. The second-order valence-corrected chi connectivity index (χ2v) is 7.85. The zero-order chi connectivity index (χ0) is 20.8. The molecule has 146 valence electrons. The van der Waals surface area contributed by atoms with Gasteiger partial charge < -0.3 is 9.47 Å². The molecule has 0 bridgehead atoms. The summed E-state index contributed by atoms with van der Waals surface area (Å²) in [5.41, 5.74) is 0.0508. The minimum absolute atomic E-state index is 0.105. The number of fused-ring (bicyclic) bond motifs is 2. The topological polar surface area (TPSA) is 93.7 Å². The average Bonchev–Trinajstić information content (AvgIpc) is 3.33. The third kappa shape index (κ3) is 2.92. The summed E-state index contributed by atoms with van der Waals surface area (Å²) in [7, 11) is 0. The van der Waals surface area contributed by atoms with Crippen molar-refractivity contribution >= 4 is 34.0 Å². The van der Waals surface area contributed by atoms with E-state index in [2.05, 4.69) is 4.98 Å². The summed E-state index contributed by atoms with van der Waals surface area (Å²) in [6, 6.07) is 13.9. The van der Waals surface area contributed by atoms with E-state index in [0.717, 1.165) is 21.3 Å². The van der Waals surface area contributed by atoms with Gasteiger partial charge in [0.2, 0.25) is 11.8 Å². The van der Waals surface area contributed by atoms with Crippen LogP contribution in [0.3, 0.4) is 0 Å². The standard InChI is InChI=1S/C21H10ClN3O4S/c22-13-4-1-11(2-5-13)7-17-20(27)25-19(26)14(9-23)18(24-21(25)30-17)12-3-6-15-16(8-12)29-10-28-15/h1-8H,10H2/b17-7+. The molecule has 1 aliphatic heterocycles. The predicted octanol–water partition coefficient (Wildman–Crippen LogP) is 2.58. The van der Waals surface area contributed by atoms with Crippen LogP contribution in [-0.2, 0) is 0 Å². The van der Waals surface area contributed by atoms with E-state index in [0.29, 0.717) is 26.6 Å². The van der Waals surface area contributed by atoms with Gasteiger partial charge in [-0.05, 0) is 42.0 Å². The highest BCUT2D eigenvalue weighted by atomic mass is 35.5. The molecule has 0 unspecified atom stereocenters. The quantitative estimate of drug-likeness (QED) is 0.480. The van der Waals surface area contributed by atoms with Crippen molar-refractivity contribution in [2.75, 3.05) is 6.79 Å². The summed E-state index contributed by atoms with van der Waals surface area (Å²) >= 11 is 6.98. The molecule has 0 N–H and O–H groups in total. The summed E-state index contributed by atoms with van der Waals surface area (Å²) in [6.45, 7) is 0.105. The highest BCUT2D eigenvalue weighted by molar-refractivity contribution is 7.15. The van der Waals surface area contributed by atoms with Crippen LogP contribution in [0.1, 0.15) is 11.1 Å². The lowest BCUT2D eigenvalue weighted by Gasteiger charge is -2.04. The van der Waals surface area contributed by atoms with Crippen LogP contribution < -0.4 is 25.1 Å². The number of ether oxygens (including phenoxy) is 2. The molecule has 3 heterocycles. The first-order valence-corrected chi connectivity index (χ1v) is 9.91. The molecule has 2 aromatic heterocycles. The number of hydrogen-bond donors (Lipinski definition) is 0. The van der Waals surface area contributed by atoms with Crippen molar-refractivity contribution in [3.63, 3.8) is 0 Å². The average molecular weight is 436 g/mol. The van der Waals surface area contributed by atoms with Gasteiger partial charge in [-0.1, -0.05) is 35.1 Å². The van der Waals surface area contributed by atoms with E-state index in [9.17, 15) is 14.9 Å². The van der Waals surface area contributed by atoms with Gasteiger partial charge in [-0.2, -0.15) is 5.26 Å². The minimum atomic E-state index is -0.702. The maximum atomic E-state index is 12.9. The molecule has 1 aliphatic rings. The van der Waals surface area contributed by atoms with E-state index in [1.807, 2.05) is 6.07 Å². The fraction of sp³-hybridized carbons (Fsp3) is 0.0476. The van der Waals surface area contributed by atoms with Crippen LogP contribution in [0.5, 0.6) is 11.5 Å². The number of halogens is 1. The summed E-state index contributed by atoms with van der Waals surface area (Å²) in [6.07, 6.45) is 1.66. The maximum Gasteiger partial charge on any atom is 0.280 e. The first kappa shape index (κ1) is 18.4. The van der Waals surface area contributed by atoms with Crippen molar-refractivity contribution in [2.24, 2.45) is 0 Å². The van der Waals surface area contributed by atoms with Gasteiger partial charge >= 0.3 is 0 Å². The summed E-state index contributed by atoms with van der Waals surface area (Å²) < 4.78 is 11.9. The van der Waals surface area contributed by atoms with Gasteiger partial charge in [0.15, 0.2) is 11.5 Å². The fourth-order valence-electron chi connectivity index (χ4n) is 3.16. The lowest BCUT2D eigenvalue weighted by Crippen LogP contribution is -2.32. The minimum Gasteiger partial charge on any atom is -0.454 e. The molecule has 0 saturated carbocycles. The Balaban J connectivity index is 1.75. The normalized spacial score (nSPS) is 13.0. The fourth-order valence-corrected chi connectivity index (χ4v) is 4.25. The number of thiazole rings is 1. The molecule has 0 atom stereocenters. The molecule has 2 aromatic carbocycles. The zero-order valence-corrected chi connectivity index (χ0v) is 16.7. The third-order valence-corrected chi connectivity index (χ3v) is 5.81. The van der Waals surface area contributed by atoms with E-state index < -0.39 is 11.1 Å². The monoisotopic (exact) mass is 435 g/mol. The Morgan fingerprint density at radius 1 is 1.10 bits per heavy atom. The van der Waals surface area contributed by atoms with Gasteiger partial charge in [-0.3, -0.25) is 9.59 Å². The summed E-state index contributed by atoms with van der Waals surface area (Å²) in [5, 5.41) is 10.2. The van der Waals surface area contributed by atoms with Gasteiger partial charge in [0.05, 0.1) is 10.2 Å². The number of hydrogen-bond acceptors (Lipinski definition) is 7. The Morgan fingerprint density at radius 3 is 2.63 bits per heavy atom. The second kappa shape index (κ2) is 6.99. The first-order valence-electron chi connectivity index (χ1n) is 8.72. The van der Waals surface area contributed by atoms with Gasteiger partial charge in [0, 0.05) is 10.6 Å². The molecule has 0 saturated heterocycles. The highest BCUT2D eigenvalue weighted by Gasteiger charge is 2.20. The largest absolute Gasteiger partial charge is 0.454 e. The first-order chi connectivity index (χ1) is 14.5. The van der Waals surface area contributed by atoms with Crippen molar-refractivity contribution in [1.29, 1.82) is 5.26 Å². The number of nitrogens with zero attached hydrogens (tertiary/aromatic N) is 3. The number of rotatable bonds is 2. The SMILES string of the molecule is N#Cc1c(-c2ccc3c(c2)OCO3)nc2s/c(=C/c3ccc(Cl)cc3)c(=O)n2c1=O. The lowest BCUT2D eigenvalue weighted by atomic mass is 10.1. The Bertz CT molecular complexity index is 1530. The van der Waals surface area contributed by atoms with Crippen LogP contribution in [0, 0.1) is 11.3 Å². The maximum absolute atomic E-state index is 12.9. The Labute approximate surface area is 177 Å². The Kier molecular flexibility index (Phi) is 4.28. The van der Waals surface area contributed by atoms with Crippen LogP contribution in [0.2, 0.25) is 5.02 Å². The van der Waals surface area contributed by atoms with Crippen molar-refractivity contribution in [3.8, 4) is 28.8 Å². The molecule has 0 radical (unpaired) electrons. The molecule has 5 rings (SSSR count). The molecule has 0 fully saturated rings. The van der Waals surface area contributed by atoms with Gasteiger partial charge in [-0.15, -0.1) is 0 Å². The molecule has 9 heteroatoms. The van der Waals surface area contributed by atoms with Crippen LogP contribution in [0.4, 0.5) is 0 Å². The smallest absolute Gasteiger partial charge is 0.280 e. The molecule has 0 spiro atoms. The molecular weight excluding hydrogens is 426 g/mol. The van der Waals surface area contributed by atoms with E-state index in [1.165, 1.54) is 0 Å². The molecule has 7 nitrogen and oxygen atoms in total. The Hall–Kier alpha value is -3.67. The van der Waals surface area contributed by atoms with Gasteiger partial charge in [-0.25, -0.2) is 9.38 Å². The highest BCUT2D eigenvalue weighted by Crippen LogP contribution is 2.35. The van der Waals surface area contributed by atoms with Crippen molar-refractivity contribution in [1.82, 2.24) is 9.38 Å². The molecule has 0 aliphatic carbocycles. The van der Waals surface area contributed by atoms with Crippen molar-refractivity contribution < 1.29 is 9.47 Å². The number of nitriles is 1. The Morgan fingerprint density at radius 2 is 1.87 bits per heavy atom. The van der Waals surface area contributed by atoms with E-state index in [4.69, 9.17) is 21.1 Å². The van der Waals surface area contributed by atoms with Crippen LogP contribution in [-0.4, -0.2) is 16.2 Å². The van der Waals surface area contributed by atoms with Crippen LogP contribution in [0.25, 0.3) is 22.3 Å². The van der Waals surface area contributed by atoms with Crippen molar-refractivity contribution in [2.45, 2.75) is 0 Å².